The first kappa shape index (κ1) is 23.0. The van der Waals surface area contributed by atoms with Crippen LogP contribution in [0.2, 0.25) is 0 Å². The largest absolute Gasteiger partial charge is 0.352 e. The highest BCUT2D eigenvalue weighted by Gasteiger charge is 2.33. The predicted molar refractivity (Wildman–Crippen MR) is 125 cm³/mol. The fraction of sp³-hybridized carbons (Fsp3) is 0.480. The van der Waals surface area contributed by atoms with E-state index in [4.69, 9.17) is 0 Å². The molecule has 0 aromatic heterocycles. The second-order valence-electron chi connectivity index (χ2n) is 9.03. The summed E-state index contributed by atoms with van der Waals surface area (Å²) in [5, 5.41) is 3.01. The Balaban J connectivity index is 1.31. The SMILES string of the molecule is Cc1ccc(S(=O)(=O)N2CCCC(C(=O)NCc3ccc(CN4CCCC4)cc3)C2)cc1. The molecule has 2 saturated heterocycles. The van der Waals surface area contributed by atoms with E-state index in [-0.39, 0.29) is 23.3 Å². The van der Waals surface area contributed by atoms with Crippen LogP contribution in [0.25, 0.3) is 0 Å². The highest BCUT2D eigenvalue weighted by molar-refractivity contribution is 7.89. The highest BCUT2D eigenvalue weighted by atomic mass is 32.2. The minimum absolute atomic E-state index is 0.0741. The van der Waals surface area contributed by atoms with Gasteiger partial charge in [-0.3, -0.25) is 9.69 Å². The Kier molecular flexibility index (Phi) is 7.28. The molecule has 2 aromatic rings. The predicted octanol–water partition coefficient (Wildman–Crippen LogP) is 3.31. The molecule has 0 saturated carbocycles. The van der Waals surface area contributed by atoms with Crippen LogP contribution in [0.15, 0.2) is 53.4 Å². The van der Waals surface area contributed by atoms with Crippen molar-refractivity contribution in [2.45, 2.75) is 50.6 Å². The first-order chi connectivity index (χ1) is 15.4. The third-order valence-corrected chi connectivity index (χ3v) is 8.39. The van der Waals surface area contributed by atoms with E-state index in [2.05, 4.69) is 34.5 Å². The number of amides is 1. The van der Waals surface area contributed by atoms with Crippen LogP contribution < -0.4 is 5.32 Å². The monoisotopic (exact) mass is 455 g/mol. The van der Waals surface area contributed by atoms with E-state index in [1.54, 1.807) is 24.3 Å². The molecular formula is C25H33N3O3S. The van der Waals surface area contributed by atoms with Crippen molar-refractivity contribution >= 4 is 15.9 Å². The van der Waals surface area contributed by atoms with Gasteiger partial charge < -0.3 is 5.32 Å². The molecule has 7 heteroatoms. The number of aryl methyl sites for hydroxylation is 1. The lowest BCUT2D eigenvalue weighted by Gasteiger charge is -2.31. The summed E-state index contributed by atoms with van der Waals surface area (Å²) in [6, 6.07) is 15.3. The molecule has 1 amide bonds. The van der Waals surface area contributed by atoms with Crippen molar-refractivity contribution in [3.8, 4) is 0 Å². The Hall–Kier alpha value is -2.22. The molecule has 6 nitrogen and oxygen atoms in total. The molecular weight excluding hydrogens is 422 g/mol. The lowest BCUT2D eigenvalue weighted by Crippen LogP contribution is -2.45. The summed E-state index contributed by atoms with van der Waals surface area (Å²) in [4.78, 5) is 15.5. The summed E-state index contributed by atoms with van der Waals surface area (Å²) in [7, 11) is -3.58. The molecule has 0 spiro atoms. The number of piperidine rings is 1. The number of rotatable bonds is 7. The second-order valence-corrected chi connectivity index (χ2v) is 11.0. The molecule has 2 heterocycles. The molecule has 2 fully saturated rings. The topological polar surface area (TPSA) is 69.7 Å². The van der Waals surface area contributed by atoms with Crippen LogP contribution >= 0.6 is 0 Å². The smallest absolute Gasteiger partial charge is 0.243 e. The first-order valence-electron chi connectivity index (χ1n) is 11.6. The fourth-order valence-electron chi connectivity index (χ4n) is 4.53. The minimum Gasteiger partial charge on any atom is -0.352 e. The number of hydrogen-bond donors (Lipinski definition) is 1. The number of benzene rings is 2. The average molecular weight is 456 g/mol. The van der Waals surface area contributed by atoms with E-state index >= 15 is 0 Å². The summed E-state index contributed by atoms with van der Waals surface area (Å²) in [6.07, 6.45) is 3.97. The van der Waals surface area contributed by atoms with Crippen LogP contribution in [0.1, 0.15) is 42.4 Å². The van der Waals surface area contributed by atoms with E-state index in [1.807, 2.05) is 6.92 Å². The zero-order valence-electron chi connectivity index (χ0n) is 18.8. The Morgan fingerprint density at radius 2 is 1.59 bits per heavy atom. The van der Waals surface area contributed by atoms with Crippen molar-refractivity contribution in [2.75, 3.05) is 26.2 Å². The molecule has 0 radical (unpaired) electrons. The third-order valence-electron chi connectivity index (χ3n) is 6.51. The van der Waals surface area contributed by atoms with Crippen molar-refractivity contribution in [3.05, 3.63) is 65.2 Å². The average Bonchev–Trinajstić information content (AvgIpc) is 3.32. The van der Waals surface area contributed by atoms with Gasteiger partial charge in [-0.05, 0) is 69.0 Å². The van der Waals surface area contributed by atoms with E-state index in [0.29, 0.717) is 25.9 Å². The van der Waals surface area contributed by atoms with E-state index in [1.165, 1.54) is 35.8 Å². The van der Waals surface area contributed by atoms with Crippen LogP contribution in [-0.2, 0) is 27.9 Å². The Bertz CT molecular complexity index is 1010. The van der Waals surface area contributed by atoms with Crippen molar-refractivity contribution in [1.82, 2.24) is 14.5 Å². The van der Waals surface area contributed by atoms with Gasteiger partial charge in [-0.2, -0.15) is 4.31 Å². The van der Waals surface area contributed by atoms with Gasteiger partial charge in [0, 0.05) is 26.2 Å². The van der Waals surface area contributed by atoms with Gasteiger partial charge >= 0.3 is 0 Å². The van der Waals surface area contributed by atoms with Crippen LogP contribution in [0, 0.1) is 12.8 Å². The number of carbonyl (C=O) groups excluding carboxylic acids is 1. The summed E-state index contributed by atoms with van der Waals surface area (Å²) >= 11 is 0. The minimum atomic E-state index is -3.58. The molecule has 32 heavy (non-hydrogen) atoms. The summed E-state index contributed by atoms with van der Waals surface area (Å²) in [5.41, 5.74) is 3.37. The number of carbonyl (C=O) groups is 1. The number of hydrogen-bond acceptors (Lipinski definition) is 4. The van der Waals surface area contributed by atoms with Gasteiger partial charge in [-0.1, -0.05) is 42.0 Å². The number of sulfonamides is 1. The van der Waals surface area contributed by atoms with Crippen LogP contribution in [-0.4, -0.2) is 49.7 Å². The maximum Gasteiger partial charge on any atom is 0.243 e. The van der Waals surface area contributed by atoms with Crippen LogP contribution in [0.5, 0.6) is 0 Å². The molecule has 172 valence electrons. The van der Waals surface area contributed by atoms with Crippen molar-refractivity contribution in [1.29, 1.82) is 0 Å². The number of likely N-dealkylation sites (tertiary alicyclic amines) is 1. The maximum absolute atomic E-state index is 13.0. The van der Waals surface area contributed by atoms with Gasteiger partial charge in [-0.25, -0.2) is 8.42 Å². The standard InChI is InChI=1S/C25H33N3O3S/c1-20-6-12-24(13-7-20)32(30,31)28-16-4-5-23(19-28)25(29)26-17-21-8-10-22(11-9-21)18-27-14-2-3-15-27/h6-13,23H,2-5,14-19H2,1H3,(H,26,29). The Morgan fingerprint density at radius 1 is 0.938 bits per heavy atom. The molecule has 2 aliphatic rings. The molecule has 1 unspecified atom stereocenters. The Morgan fingerprint density at radius 3 is 2.28 bits per heavy atom. The zero-order valence-corrected chi connectivity index (χ0v) is 19.6. The summed E-state index contributed by atoms with van der Waals surface area (Å²) < 4.78 is 27.4. The van der Waals surface area contributed by atoms with Gasteiger partial charge in [-0.15, -0.1) is 0 Å². The van der Waals surface area contributed by atoms with Gasteiger partial charge in [0.1, 0.15) is 0 Å². The van der Waals surface area contributed by atoms with Crippen LogP contribution in [0.4, 0.5) is 0 Å². The van der Waals surface area contributed by atoms with Gasteiger partial charge in [0.2, 0.25) is 15.9 Å². The van der Waals surface area contributed by atoms with E-state index < -0.39 is 10.0 Å². The molecule has 2 aromatic carbocycles. The number of nitrogens with zero attached hydrogens (tertiary/aromatic N) is 2. The van der Waals surface area contributed by atoms with Gasteiger partial charge in [0.25, 0.3) is 0 Å². The fourth-order valence-corrected chi connectivity index (χ4v) is 6.05. The molecule has 2 aliphatic heterocycles. The molecule has 1 atom stereocenters. The van der Waals surface area contributed by atoms with Gasteiger partial charge in [0.05, 0.1) is 10.8 Å². The third kappa shape index (κ3) is 5.57. The molecule has 1 N–H and O–H groups in total. The first-order valence-corrected chi connectivity index (χ1v) is 13.0. The van der Waals surface area contributed by atoms with Crippen LogP contribution in [0.3, 0.4) is 0 Å². The zero-order chi connectivity index (χ0) is 22.6. The number of nitrogens with one attached hydrogen (secondary N) is 1. The quantitative estimate of drug-likeness (QED) is 0.696. The maximum atomic E-state index is 13.0. The summed E-state index contributed by atoms with van der Waals surface area (Å²) in [5.74, 6) is -0.395. The van der Waals surface area contributed by atoms with Crippen molar-refractivity contribution in [3.63, 3.8) is 0 Å². The van der Waals surface area contributed by atoms with Gasteiger partial charge in [0.15, 0.2) is 0 Å². The normalized spacial score (nSPS) is 20.3. The summed E-state index contributed by atoms with van der Waals surface area (Å²) in [6.45, 7) is 6.42. The van der Waals surface area contributed by atoms with E-state index in [9.17, 15) is 13.2 Å². The van der Waals surface area contributed by atoms with Crippen molar-refractivity contribution < 1.29 is 13.2 Å². The van der Waals surface area contributed by atoms with Crippen molar-refractivity contribution in [2.24, 2.45) is 5.92 Å². The molecule has 0 aliphatic carbocycles. The molecule has 4 rings (SSSR count). The second kappa shape index (κ2) is 10.1. The molecule has 0 bridgehead atoms. The lowest BCUT2D eigenvalue weighted by atomic mass is 9.98. The Labute approximate surface area is 191 Å². The highest BCUT2D eigenvalue weighted by Crippen LogP contribution is 2.24. The van der Waals surface area contributed by atoms with E-state index in [0.717, 1.165) is 17.7 Å². The lowest BCUT2D eigenvalue weighted by molar-refractivity contribution is -0.126.